The highest BCUT2D eigenvalue weighted by atomic mass is 35.5. The van der Waals surface area contributed by atoms with Crippen molar-refractivity contribution < 1.29 is 9.53 Å². The lowest BCUT2D eigenvalue weighted by atomic mass is 10.1. The molecule has 0 saturated heterocycles. The van der Waals surface area contributed by atoms with Gasteiger partial charge in [-0.3, -0.25) is 4.79 Å². The molecule has 0 fully saturated rings. The average Bonchev–Trinajstić information content (AvgIpc) is 2.39. The minimum absolute atomic E-state index is 0.0709. The van der Waals surface area contributed by atoms with E-state index in [0.29, 0.717) is 28.6 Å². The summed E-state index contributed by atoms with van der Waals surface area (Å²) in [6.45, 7) is 1.87. The number of carbonyl (C=O) groups excluding carboxylic acids is 1. The minimum atomic E-state index is -0.0709. The fourth-order valence-electron chi connectivity index (χ4n) is 1.69. The molecule has 0 aliphatic rings. The lowest BCUT2D eigenvalue weighted by molar-refractivity contribution is 0.101. The van der Waals surface area contributed by atoms with Crippen molar-refractivity contribution in [2.24, 2.45) is 0 Å². The molecule has 98 valence electrons. The third-order valence-electron chi connectivity index (χ3n) is 2.69. The highest BCUT2D eigenvalue weighted by Gasteiger charge is 2.09. The second kappa shape index (κ2) is 5.76. The molecule has 0 heterocycles. The molecule has 0 aliphatic heterocycles. The van der Waals surface area contributed by atoms with Crippen LogP contribution in [0.15, 0.2) is 42.5 Å². The minimum Gasteiger partial charge on any atom is -0.488 e. The van der Waals surface area contributed by atoms with Gasteiger partial charge in [-0.2, -0.15) is 0 Å². The second-order valence-corrected chi connectivity index (χ2v) is 4.66. The van der Waals surface area contributed by atoms with Crippen LogP contribution in [0.2, 0.25) is 5.02 Å². The number of ketones is 1. The molecule has 4 heteroatoms. The molecule has 0 unspecified atom stereocenters. The predicted molar refractivity (Wildman–Crippen MR) is 76.6 cm³/mol. The molecular formula is C15H14ClNO2. The summed E-state index contributed by atoms with van der Waals surface area (Å²) in [5.74, 6) is 0.468. The third-order valence-corrected chi connectivity index (χ3v) is 2.94. The first-order valence-electron chi connectivity index (χ1n) is 5.84. The van der Waals surface area contributed by atoms with Crippen LogP contribution >= 0.6 is 11.6 Å². The van der Waals surface area contributed by atoms with Crippen LogP contribution in [0.25, 0.3) is 0 Å². The van der Waals surface area contributed by atoms with E-state index in [0.717, 1.165) is 5.56 Å². The van der Waals surface area contributed by atoms with E-state index in [1.165, 1.54) is 6.92 Å². The van der Waals surface area contributed by atoms with Crippen molar-refractivity contribution in [2.75, 3.05) is 5.73 Å². The number of Topliss-reactive ketones (excluding diaryl/α,β-unsaturated/α-hetero) is 1. The van der Waals surface area contributed by atoms with Gasteiger partial charge in [0, 0.05) is 10.7 Å². The van der Waals surface area contributed by atoms with Crippen LogP contribution in [0.4, 0.5) is 5.69 Å². The Kier molecular flexibility index (Phi) is 4.07. The van der Waals surface area contributed by atoms with E-state index < -0.39 is 0 Å². The smallest absolute Gasteiger partial charge is 0.163 e. The maximum atomic E-state index is 11.5. The zero-order valence-corrected chi connectivity index (χ0v) is 11.3. The van der Waals surface area contributed by atoms with Gasteiger partial charge in [-0.25, -0.2) is 0 Å². The summed E-state index contributed by atoms with van der Waals surface area (Å²) in [5, 5.41) is 0.681. The zero-order chi connectivity index (χ0) is 13.8. The van der Waals surface area contributed by atoms with Gasteiger partial charge in [-0.15, -0.1) is 0 Å². The fourth-order valence-corrected chi connectivity index (χ4v) is 1.82. The number of ether oxygens (including phenoxy) is 1. The van der Waals surface area contributed by atoms with Crippen molar-refractivity contribution in [1.29, 1.82) is 0 Å². The molecule has 0 aromatic heterocycles. The molecule has 2 rings (SSSR count). The van der Waals surface area contributed by atoms with E-state index in [2.05, 4.69) is 0 Å². The van der Waals surface area contributed by atoms with Crippen molar-refractivity contribution in [2.45, 2.75) is 13.5 Å². The number of nitrogen functional groups attached to an aromatic ring is 1. The molecule has 0 saturated carbocycles. The summed E-state index contributed by atoms with van der Waals surface area (Å²) < 4.78 is 5.66. The van der Waals surface area contributed by atoms with Crippen LogP contribution in [-0.4, -0.2) is 5.78 Å². The summed E-state index contributed by atoms with van der Waals surface area (Å²) in [6.07, 6.45) is 0. The first-order valence-corrected chi connectivity index (χ1v) is 6.22. The SMILES string of the molecule is CC(=O)c1cc(N)ccc1OCc1ccc(Cl)cc1. The molecule has 19 heavy (non-hydrogen) atoms. The molecule has 0 atom stereocenters. The van der Waals surface area contributed by atoms with Crippen LogP contribution in [0, 0.1) is 0 Å². The number of hydrogen-bond acceptors (Lipinski definition) is 3. The van der Waals surface area contributed by atoms with Gasteiger partial charge in [-0.05, 0) is 42.8 Å². The van der Waals surface area contributed by atoms with E-state index in [1.54, 1.807) is 30.3 Å². The second-order valence-electron chi connectivity index (χ2n) is 4.23. The van der Waals surface area contributed by atoms with Crippen molar-refractivity contribution in [3.05, 3.63) is 58.6 Å². The molecule has 2 aromatic rings. The number of rotatable bonds is 4. The van der Waals surface area contributed by atoms with Gasteiger partial charge in [0.1, 0.15) is 12.4 Å². The third kappa shape index (κ3) is 3.48. The summed E-state index contributed by atoms with van der Waals surface area (Å²) >= 11 is 5.81. The Morgan fingerprint density at radius 2 is 1.89 bits per heavy atom. The summed E-state index contributed by atoms with van der Waals surface area (Å²) in [7, 11) is 0. The van der Waals surface area contributed by atoms with Crippen LogP contribution < -0.4 is 10.5 Å². The lowest BCUT2D eigenvalue weighted by Gasteiger charge is -2.10. The molecule has 2 N–H and O–H groups in total. The quantitative estimate of drug-likeness (QED) is 0.684. The Labute approximate surface area is 117 Å². The van der Waals surface area contributed by atoms with Crippen LogP contribution in [0.3, 0.4) is 0 Å². The molecule has 0 spiro atoms. The average molecular weight is 276 g/mol. The van der Waals surface area contributed by atoms with E-state index in [-0.39, 0.29) is 5.78 Å². The van der Waals surface area contributed by atoms with Gasteiger partial charge in [0.25, 0.3) is 0 Å². The van der Waals surface area contributed by atoms with E-state index in [1.807, 2.05) is 12.1 Å². The Hall–Kier alpha value is -2.00. The summed E-state index contributed by atoms with van der Waals surface area (Å²) in [4.78, 5) is 11.5. The highest BCUT2D eigenvalue weighted by molar-refractivity contribution is 6.30. The van der Waals surface area contributed by atoms with Crippen molar-refractivity contribution in [1.82, 2.24) is 0 Å². The largest absolute Gasteiger partial charge is 0.488 e. The molecule has 0 aliphatic carbocycles. The molecular weight excluding hydrogens is 262 g/mol. The highest BCUT2D eigenvalue weighted by Crippen LogP contribution is 2.23. The number of carbonyl (C=O) groups is 1. The lowest BCUT2D eigenvalue weighted by Crippen LogP contribution is -2.02. The zero-order valence-electron chi connectivity index (χ0n) is 10.5. The summed E-state index contributed by atoms with van der Waals surface area (Å²) in [6, 6.07) is 12.4. The van der Waals surface area contributed by atoms with Gasteiger partial charge >= 0.3 is 0 Å². The maximum Gasteiger partial charge on any atom is 0.163 e. The number of hydrogen-bond donors (Lipinski definition) is 1. The molecule has 0 radical (unpaired) electrons. The first-order chi connectivity index (χ1) is 9.06. The predicted octanol–water partition coefficient (Wildman–Crippen LogP) is 3.70. The van der Waals surface area contributed by atoms with Crippen molar-refractivity contribution in [3.63, 3.8) is 0 Å². The van der Waals surface area contributed by atoms with E-state index >= 15 is 0 Å². The fraction of sp³-hybridized carbons (Fsp3) is 0.133. The van der Waals surface area contributed by atoms with Crippen LogP contribution in [0.5, 0.6) is 5.75 Å². The first kappa shape index (κ1) is 13.4. The van der Waals surface area contributed by atoms with Crippen LogP contribution in [-0.2, 0) is 6.61 Å². The molecule has 2 aromatic carbocycles. The monoisotopic (exact) mass is 275 g/mol. The Morgan fingerprint density at radius 1 is 1.21 bits per heavy atom. The number of halogens is 1. The summed E-state index contributed by atoms with van der Waals surface area (Å²) in [5.41, 5.74) is 7.69. The van der Waals surface area contributed by atoms with Gasteiger partial charge in [0.2, 0.25) is 0 Å². The van der Waals surface area contributed by atoms with Crippen LogP contribution in [0.1, 0.15) is 22.8 Å². The topological polar surface area (TPSA) is 52.3 Å². The molecule has 3 nitrogen and oxygen atoms in total. The molecule has 0 amide bonds. The Balaban J connectivity index is 2.15. The van der Waals surface area contributed by atoms with Gasteiger partial charge in [-0.1, -0.05) is 23.7 Å². The normalized spacial score (nSPS) is 10.2. The van der Waals surface area contributed by atoms with Gasteiger partial charge in [0.05, 0.1) is 5.56 Å². The Bertz CT molecular complexity index is 594. The van der Waals surface area contributed by atoms with Crippen molar-refractivity contribution >= 4 is 23.1 Å². The van der Waals surface area contributed by atoms with Gasteiger partial charge < -0.3 is 10.5 Å². The Morgan fingerprint density at radius 3 is 2.53 bits per heavy atom. The molecule has 0 bridgehead atoms. The van der Waals surface area contributed by atoms with E-state index in [9.17, 15) is 4.79 Å². The number of benzene rings is 2. The van der Waals surface area contributed by atoms with E-state index in [4.69, 9.17) is 22.1 Å². The standard InChI is InChI=1S/C15H14ClNO2/c1-10(18)14-8-13(17)6-7-15(14)19-9-11-2-4-12(16)5-3-11/h2-8H,9,17H2,1H3. The number of anilines is 1. The number of nitrogens with two attached hydrogens (primary N) is 1. The maximum absolute atomic E-state index is 11.5. The van der Waals surface area contributed by atoms with Crippen molar-refractivity contribution in [3.8, 4) is 5.75 Å². The van der Waals surface area contributed by atoms with Gasteiger partial charge in [0.15, 0.2) is 5.78 Å².